The molecule has 1 aromatic rings. The van der Waals surface area contributed by atoms with Gasteiger partial charge < -0.3 is 4.90 Å². The zero-order chi connectivity index (χ0) is 12.5. The van der Waals surface area contributed by atoms with Crippen LogP contribution in [-0.2, 0) is 6.42 Å². The second-order valence-corrected chi connectivity index (χ2v) is 6.66. The fraction of sp³-hybridized carbons (Fsp3) is 0.692. The van der Waals surface area contributed by atoms with Crippen molar-refractivity contribution in [3.63, 3.8) is 0 Å². The van der Waals surface area contributed by atoms with Gasteiger partial charge in [-0.05, 0) is 36.8 Å². The van der Waals surface area contributed by atoms with E-state index in [0.717, 1.165) is 42.7 Å². The summed E-state index contributed by atoms with van der Waals surface area (Å²) in [6.45, 7) is 4.54. The van der Waals surface area contributed by atoms with Gasteiger partial charge in [0, 0.05) is 25.3 Å². The Kier molecular flexibility index (Phi) is 3.66. The molecule has 0 amide bonds. The summed E-state index contributed by atoms with van der Waals surface area (Å²) in [6.07, 6.45) is 4.85. The van der Waals surface area contributed by atoms with Crippen molar-refractivity contribution in [3.05, 3.63) is 11.0 Å². The van der Waals surface area contributed by atoms with Crippen LogP contribution in [0.1, 0.15) is 31.9 Å². The molecule has 98 valence electrons. The summed E-state index contributed by atoms with van der Waals surface area (Å²) in [5.41, 5.74) is 1.15. The molecule has 5 heteroatoms. The van der Waals surface area contributed by atoms with Crippen LogP contribution in [0.25, 0.3) is 0 Å². The molecule has 1 atom stereocenters. The highest BCUT2D eigenvalue weighted by Gasteiger charge is 2.24. The molecule has 1 aromatic heterocycles. The first-order chi connectivity index (χ1) is 8.74. The summed E-state index contributed by atoms with van der Waals surface area (Å²) >= 11 is 7.94. The molecule has 0 spiro atoms. The van der Waals surface area contributed by atoms with Gasteiger partial charge in [0.15, 0.2) is 0 Å². The summed E-state index contributed by atoms with van der Waals surface area (Å²) in [4.78, 5) is 12.5. The Morgan fingerprint density at radius 3 is 3.06 bits per heavy atom. The van der Waals surface area contributed by atoms with Crippen molar-refractivity contribution in [2.45, 2.75) is 37.5 Å². The number of hydrogen-bond donors (Lipinski definition) is 0. The summed E-state index contributed by atoms with van der Waals surface area (Å²) in [5, 5.41) is 0.406. The molecule has 1 fully saturated rings. The van der Waals surface area contributed by atoms with Crippen LogP contribution in [-0.4, -0.2) is 28.8 Å². The minimum absolute atomic E-state index is 0.406. The van der Waals surface area contributed by atoms with E-state index in [4.69, 9.17) is 11.6 Å². The fourth-order valence-corrected chi connectivity index (χ4v) is 4.01. The quantitative estimate of drug-likeness (QED) is 0.739. The van der Waals surface area contributed by atoms with Crippen LogP contribution in [0.3, 0.4) is 0 Å². The van der Waals surface area contributed by atoms with E-state index in [0.29, 0.717) is 5.28 Å². The van der Waals surface area contributed by atoms with E-state index >= 15 is 0 Å². The van der Waals surface area contributed by atoms with Crippen molar-refractivity contribution in [2.75, 3.05) is 23.7 Å². The standard InChI is InChI=1S/C13H18ClN3S/c1-9-3-2-6-17(7-4-9)12-11-10(5-8-18-11)15-13(14)16-12/h9H,2-8H2,1H3. The third-order valence-electron chi connectivity index (χ3n) is 3.79. The van der Waals surface area contributed by atoms with Crippen LogP contribution in [0.4, 0.5) is 5.82 Å². The first kappa shape index (κ1) is 12.5. The van der Waals surface area contributed by atoms with Gasteiger partial charge in [0.25, 0.3) is 0 Å². The van der Waals surface area contributed by atoms with Crippen LogP contribution in [0.15, 0.2) is 4.90 Å². The van der Waals surface area contributed by atoms with E-state index in [1.807, 2.05) is 11.8 Å². The SMILES string of the molecule is CC1CCCN(c2nc(Cl)nc3c2SCC3)CC1. The Morgan fingerprint density at radius 1 is 1.28 bits per heavy atom. The van der Waals surface area contributed by atoms with Gasteiger partial charge in [0.2, 0.25) is 5.28 Å². The average Bonchev–Trinajstić information content (AvgIpc) is 2.70. The number of thioether (sulfide) groups is 1. The maximum atomic E-state index is 6.06. The number of aromatic nitrogens is 2. The number of anilines is 1. The van der Waals surface area contributed by atoms with E-state index < -0.39 is 0 Å². The third kappa shape index (κ3) is 2.45. The van der Waals surface area contributed by atoms with Crippen LogP contribution in [0, 0.1) is 5.92 Å². The number of aryl methyl sites for hydroxylation is 1. The predicted molar refractivity (Wildman–Crippen MR) is 76.7 cm³/mol. The zero-order valence-electron chi connectivity index (χ0n) is 10.7. The maximum Gasteiger partial charge on any atom is 0.224 e. The van der Waals surface area contributed by atoms with Crippen LogP contribution in [0.2, 0.25) is 5.28 Å². The normalized spacial score (nSPS) is 23.9. The number of fused-ring (bicyclic) bond motifs is 1. The molecule has 0 aliphatic carbocycles. The van der Waals surface area contributed by atoms with Crippen molar-refractivity contribution < 1.29 is 0 Å². The molecule has 3 rings (SSSR count). The number of halogens is 1. The fourth-order valence-electron chi connectivity index (χ4n) is 2.71. The van der Waals surface area contributed by atoms with E-state index in [1.165, 1.54) is 24.2 Å². The van der Waals surface area contributed by atoms with E-state index in [1.54, 1.807) is 0 Å². The van der Waals surface area contributed by atoms with Crippen molar-refractivity contribution in [1.82, 2.24) is 9.97 Å². The minimum Gasteiger partial charge on any atom is -0.356 e. The van der Waals surface area contributed by atoms with E-state index in [-0.39, 0.29) is 0 Å². The van der Waals surface area contributed by atoms with Crippen molar-refractivity contribution in [1.29, 1.82) is 0 Å². The van der Waals surface area contributed by atoms with Crippen LogP contribution < -0.4 is 4.90 Å². The summed E-state index contributed by atoms with van der Waals surface area (Å²) in [5.74, 6) is 3.02. The largest absolute Gasteiger partial charge is 0.356 e. The smallest absolute Gasteiger partial charge is 0.224 e. The lowest BCUT2D eigenvalue weighted by Gasteiger charge is -2.23. The number of hydrogen-bond acceptors (Lipinski definition) is 4. The highest BCUT2D eigenvalue weighted by molar-refractivity contribution is 7.99. The molecular weight excluding hydrogens is 266 g/mol. The molecule has 2 aliphatic heterocycles. The van der Waals surface area contributed by atoms with Gasteiger partial charge >= 0.3 is 0 Å². The summed E-state index contributed by atoms with van der Waals surface area (Å²) < 4.78 is 0. The Balaban J connectivity index is 1.91. The second kappa shape index (κ2) is 5.25. The van der Waals surface area contributed by atoms with Crippen molar-refractivity contribution in [2.24, 2.45) is 5.92 Å². The van der Waals surface area contributed by atoms with Gasteiger partial charge in [0.1, 0.15) is 5.82 Å². The minimum atomic E-state index is 0.406. The summed E-state index contributed by atoms with van der Waals surface area (Å²) in [7, 11) is 0. The lowest BCUT2D eigenvalue weighted by molar-refractivity contribution is 0.521. The highest BCUT2D eigenvalue weighted by Crippen LogP contribution is 2.38. The molecule has 2 aliphatic rings. The molecule has 1 unspecified atom stereocenters. The van der Waals surface area contributed by atoms with Crippen LogP contribution >= 0.6 is 23.4 Å². The molecular formula is C13H18ClN3S. The van der Waals surface area contributed by atoms with Gasteiger partial charge in [-0.3, -0.25) is 0 Å². The molecule has 0 saturated carbocycles. The summed E-state index contributed by atoms with van der Waals surface area (Å²) in [6, 6.07) is 0. The molecule has 0 radical (unpaired) electrons. The van der Waals surface area contributed by atoms with Gasteiger partial charge in [0.05, 0.1) is 10.6 Å². The second-order valence-electron chi connectivity index (χ2n) is 5.21. The molecule has 3 heterocycles. The van der Waals surface area contributed by atoms with Gasteiger partial charge in [-0.15, -0.1) is 11.8 Å². The molecule has 0 aromatic carbocycles. The van der Waals surface area contributed by atoms with Gasteiger partial charge in [-0.25, -0.2) is 4.98 Å². The van der Waals surface area contributed by atoms with Crippen molar-refractivity contribution in [3.8, 4) is 0 Å². The van der Waals surface area contributed by atoms with Crippen molar-refractivity contribution >= 4 is 29.2 Å². The lowest BCUT2D eigenvalue weighted by Crippen LogP contribution is -2.26. The first-order valence-electron chi connectivity index (χ1n) is 6.68. The Morgan fingerprint density at radius 2 is 2.17 bits per heavy atom. The average molecular weight is 284 g/mol. The molecule has 0 N–H and O–H groups in total. The number of rotatable bonds is 1. The topological polar surface area (TPSA) is 29.0 Å². The van der Waals surface area contributed by atoms with E-state index in [9.17, 15) is 0 Å². The molecule has 18 heavy (non-hydrogen) atoms. The molecule has 0 bridgehead atoms. The molecule has 3 nitrogen and oxygen atoms in total. The first-order valence-corrected chi connectivity index (χ1v) is 8.04. The van der Waals surface area contributed by atoms with E-state index in [2.05, 4.69) is 21.8 Å². The monoisotopic (exact) mass is 283 g/mol. The molecule has 1 saturated heterocycles. The maximum absolute atomic E-state index is 6.06. The predicted octanol–water partition coefficient (Wildman–Crippen LogP) is 3.40. The van der Waals surface area contributed by atoms with Gasteiger partial charge in [-0.2, -0.15) is 4.98 Å². The highest BCUT2D eigenvalue weighted by atomic mass is 35.5. The Hall–Kier alpha value is -0.480. The third-order valence-corrected chi connectivity index (χ3v) is 5.08. The zero-order valence-corrected chi connectivity index (χ0v) is 12.2. The Labute approximate surface area is 117 Å². The van der Waals surface area contributed by atoms with Gasteiger partial charge in [-0.1, -0.05) is 6.92 Å². The number of nitrogens with zero attached hydrogens (tertiary/aromatic N) is 3. The van der Waals surface area contributed by atoms with Crippen LogP contribution in [0.5, 0.6) is 0 Å². The Bertz CT molecular complexity index is 452. The lowest BCUT2D eigenvalue weighted by atomic mass is 10.0.